The van der Waals surface area contributed by atoms with Crippen molar-refractivity contribution in [2.45, 2.75) is 25.8 Å². The minimum atomic E-state index is 0. The van der Waals surface area contributed by atoms with E-state index in [0.717, 1.165) is 37.3 Å². The van der Waals surface area contributed by atoms with Crippen LogP contribution >= 0.6 is 24.0 Å². The first kappa shape index (κ1) is 18.8. The molecule has 1 aliphatic heterocycles. The molecule has 3 rings (SSSR count). The summed E-state index contributed by atoms with van der Waals surface area (Å²) in [6.07, 6.45) is 3.63. The highest BCUT2D eigenvalue weighted by Gasteiger charge is 2.25. The smallest absolute Gasteiger partial charge is 0.257 e. The van der Waals surface area contributed by atoms with Crippen molar-refractivity contribution in [2.24, 2.45) is 0 Å². The Balaban J connectivity index is 0.00000208. The topological polar surface area (TPSA) is 50.2 Å². The first-order chi connectivity index (χ1) is 11.1. The molecular formula is C17H22Cl2N4O. The van der Waals surface area contributed by atoms with Crippen LogP contribution < -0.4 is 5.32 Å². The Labute approximate surface area is 153 Å². The number of benzene rings is 1. The molecule has 0 aliphatic carbocycles. The summed E-state index contributed by atoms with van der Waals surface area (Å²) in [6, 6.07) is 7.75. The summed E-state index contributed by atoms with van der Waals surface area (Å²) in [5.41, 5.74) is 2.34. The molecule has 2 aromatic rings. The molecule has 0 radical (unpaired) electrons. The Hall–Kier alpha value is -1.56. The SMILES string of the molecule is Cc1c(C(=O)N(C)C2CCNCC2)cnn1-c1cccc(Cl)c1.Cl. The van der Waals surface area contributed by atoms with Crippen molar-refractivity contribution in [3.63, 3.8) is 0 Å². The van der Waals surface area contributed by atoms with Crippen LogP contribution in [0, 0.1) is 6.92 Å². The van der Waals surface area contributed by atoms with E-state index in [2.05, 4.69) is 10.4 Å². The molecule has 0 unspecified atom stereocenters. The molecule has 1 aromatic heterocycles. The number of amides is 1. The zero-order valence-electron chi connectivity index (χ0n) is 13.8. The molecule has 1 aliphatic rings. The average molecular weight is 369 g/mol. The van der Waals surface area contributed by atoms with E-state index in [-0.39, 0.29) is 24.4 Å². The third-order valence-electron chi connectivity index (χ3n) is 4.47. The van der Waals surface area contributed by atoms with Crippen LogP contribution in [0.5, 0.6) is 0 Å². The molecule has 0 atom stereocenters. The molecule has 130 valence electrons. The van der Waals surface area contributed by atoms with Gasteiger partial charge in [-0.2, -0.15) is 5.10 Å². The van der Waals surface area contributed by atoms with Gasteiger partial charge in [0.05, 0.1) is 23.1 Å². The third-order valence-corrected chi connectivity index (χ3v) is 4.70. The van der Waals surface area contributed by atoms with Crippen molar-refractivity contribution < 1.29 is 4.79 Å². The largest absolute Gasteiger partial charge is 0.339 e. The normalized spacial score (nSPS) is 15.0. The van der Waals surface area contributed by atoms with Crippen molar-refractivity contribution >= 4 is 29.9 Å². The van der Waals surface area contributed by atoms with Gasteiger partial charge in [0.15, 0.2) is 0 Å². The number of hydrogen-bond acceptors (Lipinski definition) is 3. The Bertz CT molecular complexity index is 710. The lowest BCUT2D eigenvalue weighted by atomic mass is 10.0. The van der Waals surface area contributed by atoms with Crippen molar-refractivity contribution in [1.29, 1.82) is 0 Å². The lowest BCUT2D eigenvalue weighted by Crippen LogP contribution is -2.44. The highest BCUT2D eigenvalue weighted by atomic mass is 35.5. The zero-order valence-corrected chi connectivity index (χ0v) is 15.4. The lowest BCUT2D eigenvalue weighted by Gasteiger charge is -2.31. The van der Waals surface area contributed by atoms with Crippen molar-refractivity contribution in [2.75, 3.05) is 20.1 Å². The highest BCUT2D eigenvalue weighted by Crippen LogP contribution is 2.20. The van der Waals surface area contributed by atoms with Crippen LogP contribution in [-0.4, -0.2) is 46.8 Å². The number of carbonyl (C=O) groups is 1. The maximum Gasteiger partial charge on any atom is 0.257 e. The molecule has 0 spiro atoms. The van der Waals surface area contributed by atoms with Crippen LogP contribution in [0.2, 0.25) is 5.02 Å². The van der Waals surface area contributed by atoms with E-state index >= 15 is 0 Å². The second kappa shape index (κ2) is 8.01. The number of piperidine rings is 1. The molecule has 0 bridgehead atoms. The molecular weight excluding hydrogens is 347 g/mol. The molecule has 1 fully saturated rings. The summed E-state index contributed by atoms with van der Waals surface area (Å²) in [6.45, 7) is 3.84. The fourth-order valence-electron chi connectivity index (χ4n) is 3.04. The molecule has 1 amide bonds. The fourth-order valence-corrected chi connectivity index (χ4v) is 3.22. The van der Waals surface area contributed by atoms with E-state index in [9.17, 15) is 4.79 Å². The number of halogens is 2. The molecule has 2 heterocycles. The van der Waals surface area contributed by atoms with Crippen LogP contribution in [0.3, 0.4) is 0 Å². The first-order valence-corrected chi connectivity index (χ1v) is 8.24. The van der Waals surface area contributed by atoms with Crippen molar-refractivity contribution in [3.05, 3.63) is 46.7 Å². The number of nitrogens with zero attached hydrogens (tertiary/aromatic N) is 3. The number of aromatic nitrogens is 2. The molecule has 7 heteroatoms. The van der Waals surface area contributed by atoms with Crippen LogP contribution in [-0.2, 0) is 0 Å². The molecule has 1 saturated heterocycles. The predicted molar refractivity (Wildman–Crippen MR) is 98.5 cm³/mol. The summed E-state index contributed by atoms with van der Waals surface area (Å²) in [5.74, 6) is 0.0303. The minimum Gasteiger partial charge on any atom is -0.339 e. The average Bonchev–Trinajstić information content (AvgIpc) is 2.96. The van der Waals surface area contributed by atoms with Crippen LogP contribution in [0.4, 0.5) is 0 Å². The Morgan fingerprint density at radius 2 is 2.08 bits per heavy atom. The quantitative estimate of drug-likeness (QED) is 0.905. The van der Waals surface area contributed by atoms with E-state index < -0.39 is 0 Å². The van der Waals surface area contributed by atoms with Gasteiger partial charge in [-0.1, -0.05) is 17.7 Å². The third kappa shape index (κ3) is 3.74. The van der Waals surface area contributed by atoms with Crippen molar-refractivity contribution in [3.8, 4) is 5.69 Å². The van der Waals surface area contributed by atoms with Gasteiger partial charge in [-0.05, 0) is 51.1 Å². The number of nitrogens with one attached hydrogen (secondary N) is 1. The zero-order chi connectivity index (χ0) is 16.4. The van der Waals surface area contributed by atoms with Gasteiger partial charge in [-0.15, -0.1) is 12.4 Å². The number of rotatable bonds is 3. The van der Waals surface area contributed by atoms with E-state index in [1.807, 2.05) is 43.1 Å². The number of hydrogen-bond donors (Lipinski definition) is 1. The van der Waals surface area contributed by atoms with Gasteiger partial charge < -0.3 is 10.2 Å². The van der Waals surface area contributed by atoms with Gasteiger partial charge in [-0.3, -0.25) is 4.79 Å². The van der Waals surface area contributed by atoms with E-state index in [1.54, 1.807) is 10.9 Å². The number of carbonyl (C=O) groups excluding carboxylic acids is 1. The van der Waals surface area contributed by atoms with Gasteiger partial charge in [0, 0.05) is 18.1 Å². The van der Waals surface area contributed by atoms with Gasteiger partial charge in [-0.25, -0.2) is 4.68 Å². The monoisotopic (exact) mass is 368 g/mol. The van der Waals surface area contributed by atoms with Gasteiger partial charge in [0.2, 0.25) is 0 Å². The molecule has 24 heavy (non-hydrogen) atoms. The Morgan fingerprint density at radius 1 is 1.38 bits per heavy atom. The highest BCUT2D eigenvalue weighted by molar-refractivity contribution is 6.30. The molecule has 1 aromatic carbocycles. The second-order valence-corrected chi connectivity index (χ2v) is 6.37. The van der Waals surface area contributed by atoms with Crippen LogP contribution in [0.1, 0.15) is 28.9 Å². The van der Waals surface area contributed by atoms with Gasteiger partial charge in [0.1, 0.15) is 0 Å². The fraction of sp³-hybridized carbons (Fsp3) is 0.412. The van der Waals surface area contributed by atoms with Crippen molar-refractivity contribution in [1.82, 2.24) is 20.0 Å². The van der Waals surface area contributed by atoms with E-state index in [1.165, 1.54) is 0 Å². The molecule has 5 nitrogen and oxygen atoms in total. The van der Waals surface area contributed by atoms with E-state index in [4.69, 9.17) is 11.6 Å². The summed E-state index contributed by atoms with van der Waals surface area (Å²) in [5, 5.41) is 8.35. The summed E-state index contributed by atoms with van der Waals surface area (Å²) in [7, 11) is 1.88. The maximum absolute atomic E-state index is 12.8. The first-order valence-electron chi connectivity index (χ1n) is 7.86. The standard InChI is InChI=1S/C17H21ClN4O.ClH/c1-12-16(17(23)21(2)14-6-8-19-9-7-14)11-20-22(12)15-5-3-4-13(18)10-15;/h3-5,10-11,14,19H,6-9H2,1-2H3;1H. The Morgan fingerprint density at radius 3 is 2.75 bits per heavy atom. The van der Waals surface area contributed by atoms with Gasteiger partial charge >= 0.3 is 0 Å². The predicted octanol–water partition coefficient (Wildman–Crippen LogP) is 3.08. The lowest BCUT2D eigenvalue weighted by molar-refractivity contribution is 0.0702. The molecule has 0 saturated carbocycles. The summed E-state index contributed by atoms with van der Waals surface area (Å²) >= 11 is 6.05. The maximum atomic E-state index is 12.8. The van der Waals surface area contributed by atoms with Crippen LogP contribution in [0.15, 0.2) is 30.5 Å². The van der Waals surface area contributed by atoms with E-state index in [0.29, 0.717) is 10.6 Å². The second-order valence-electron chi connectivity index (χ2n) is 5.93. The van der Waals surface area contributed by atoms with Gasteiger partial charge in [0.25, 0.3) is 5.91 Å². The van der Waals surface area contributed by atoms with Crippen LogP contribution in [0.25, 0.3) is 5.69 Å². The minimum absolute atomic E-state index is 0. The summed E-state index contributed by atoms with van der Waals surface area (Å²) < 4.78 is 1.76. The summed E-state index contributed by atoms with van der Waals surface area (Å²) in [4.78, 5) is 14.7. The molecule has 1 N–H and O–H groups in total. The Kier molecular flexibility index (Phi) is 6.27.